The van der Waals surface area contributed by atoms with Gasteiger partial charge < -0.3 is 5.32 Å². The number of imide groups is 1. The van der Waals surface area contributed by atoms with Crippen LogP contribution < -0.4 is 5.32 Å². The standard InChI is InChI=1S/C14H20N2O2/c1-9-8-10(6-7-15-9)16-13(17)11-4-2-3-5-12(11)14(16)18/h2-3,9-12,15H,4-8H2,1H3. The Hall–Kier alpha value is -1.16. The number of rotatable bonds is 1. The monoisotopic (exact) mass is 248 g/mol. The van der Waals surface area contributed by atoms with Crippen LogP contribution in [-0.2, 0) is 9.59 Å². The van der Waals surface area contributed by atoms with E-state index in [4.69, 9.17) is 0 Å². The number of carbonyl (C=O) groups excluding carboxylic acids is 2. The summed E-state index contributed by atoms with van der Waals surface area (Å²) in [5.74, 6) is 0.00211. The van der Waals surface area contributed by atoms with Crippen molar-refractivity contribution in [1.29, 1.82) is 0 Å². The van der Waals surface area contributed by atoms with E-state index < -0.39 is 0 Å². The number of nitrogens with zero attached hydrogens (tertiary/aromatic N) is 1. The van der Waals surface area contributed by atoms with E-state index in [0.717, 1.165) is 32.2 Å². The highest BCUT2D eigenvalue weighted by Gasteiger charge is 2.49. The number of nitrogens with one attached hydrogen (secondary N) is 1. The number of fused-ring (bicyclic) bond motifs is 1. The van der Waals surface area contributed by atoms with Crippen LogP contribution in [0.5, 0.6) is 0 Å². The molecule has 1 aliphatic carbocycles. The third-order valence-corrected chi connectivity index (χ3v) is 4.50. The Labute approximate surface area is 107 Å². The minimum absolute atomic E-state index is 0.0762. The lowest BCUT2D eigenvalue weighted by Crippen LogP contribution is -2.49. The van der Waals surface area contributed by atoms with Gasteiger partial charge in [-0.3, -0.25) is 14.5 Å². The third-order valence-electron chi connectivity index (χ3n) is 4.50. The molecule has 1 N–H and O–H groups in total. The van der Waals surface area contributed by atoms with E-state index in [0.29, 0.717) is 6.04 Å². The lowest BCUT2D eigenvalue weighted by Gasteiger charge is -2.33. The SMILES string of the molecule is CC1CC(N2C(=O)C3CC=CCC3C2=O)CCN1. The second-order valence-electron chi connectivity index (χ2n) is 5.74. The highest BCUT2D eigenvalue weighted by molar-refractivity contribution is 6.05. The summed E-state index contributed by atoms with van der Waals surface area (Å²) >= 11 is 0. The van der Waals surface area contributed by atoms with Crippen molar-refractivity contribution in [1.82, 2.24) is 10.2 Å². The van der Waals surface area contributed by atoms with E-state index in [2.05, 4.69) is 12.2 Å². The molecule has 18 heavy (non-hydrogen) atoms. The van der Waals surface area contributed by atoms with Gasteiger partial charge in [-0.2, -0.15) is 0 Å². The highest BCUT2D eigenvalue weighted by Crippen LogP contribution is 2.37. The minimum Gasteiger partial charge on any atom is -0.314 e. The second-order valence-corrected chi connectivity index (χ2v) is 5.74. The van der Waals surface area contributed by atoms with Gasteiger partial charge in [0.1, 0.15) is 0 Å². The summed E-state index contributed by atoms with van der Waals surface area (Å²) in [6, 6.07) is 0.511. The number of piperidine rings is 1. The first kappa shape index (κ1) is 11.9. The summed E-state index contributed by atoms with van der Waals surface area (Å²) in [4.78, 5) is 26.4. The molecule has 4 unspecified atom stereocenters. The van der Waals surface area contributed by atoms with E-state index in [-0.39, 0.29) is 29.7 Å². The predicted octanol–water partition coefficient (Wildman–Crippen LogP) is 1.08. The maximum absolute atomic E-state index is 12.4. The number of likely N-dealkylation sites (tertiary alicyclic amines) is 1. The van der Waals surface area contributed by atoms with Crippen LogP contribution in [-0.4, -0.2) is 35.3 Å². The van der Waals surface area contributed by atoms with Gasteiger partial charge in [0.2, 0.25) is 11.8 Å². The molecule has 2 saturated heterocycles. The fraction of sp³-hybridized carbons (Fsp3) is 0.714. The van der Waals surface area contributed by atoms with Crippen LogP contribution in [0, 0.1) is 11.8 Å². The van der Waals surface area contributed by atoms with Crippen molar-refractivity contribution in [3.05, 3.63) is 12.2 Å². The number of carbonyl (C=O) groups is 2. The minimum atomic E-state index is -0.0762. The van der Waals surface area contributed by atoms with Crippen LogP contribution in [0.3, 0.4) is 0 Å². The van der Waals surface area contributed by atoms with Gasteiger partial charge in [0, 0.05) is 12.1 Å². The summed E-state index contributed by atoms with van der Waals surface area (Å²) in [5, 5.41) is 3.37. The van der Waals surface area contributed by atoms with E-state index >= 15 is 0 Å². The van der Waals surface area contributed by atoms with Crippen molar-refractivity contribution in [2.45, 2.75) is 44.7 Å². The lowest BCUT2D eigenvalue weighted by molar-refractivity contribution is -0.143. The molecule has 4 heteroatoms. The van der Waals surface area contributed by atoms with Crippen molar-refractivity contribution in [2.75, 3.05) is 6.54 Å². The molecule has 3 rings (SSSR count). The Kier molecular flexibility index (Phi) is 2.98. The molecule has 0 spiro atoms. The number of hydrogen-bond acceptors (Lipinski definition) is 3. The molecule has 0 aromatic carbocycles. The number of amides is 2. The van der Waals surface area contributed by atoms with Crippen LogP contribution in [0.1, 0.15) is 32.6 Å². The van der Waals surface area contributed by atoms with Gasteiger partial charge in [-0.05, 0) is 39.2 Å². The fourth-order valence-electron chi connectivity index (χ4n) is 3.53. The molecule has 0 radical (unpaired) electrons. The molecule has 3 aliphatic rings. The summed E-state index contributed by atoms with van der Waals surface area (Å²) < 4.78 is 0. The van der Waals surface area contributed by atoms with E-state index in [1.807, 2.05) is 12.2 Å². The van der Waals surface area contributed by atoms with Gasteiger partial charge in [0.05, 0.1) is 11.8 Å². The van der Waals surface area contributed by atoms with E-state index in [1.54, 1.807) is 4.90 Å². The number of hydrogen-bond donors (Lipinski definition) is 1. The Morgan fingerprint density at radius 2 is 1.78 bits per heavy atom. The zero-order chi connectivity index (χ0) is 12.7. The normalized spacial score (nSPS) is 40.2. The summed E-state index contributed by atoms with van der Waals surface area (Å²) in [7, 11) is 0. The topological polar surface area (TPSA) is 49.4 Å². The van der Waals surface area contributed by atoms with Gasteiger partial charge in [0.15, 0.2) is 0 Å². The van der Waals surface area contributed by atoms with Crippen LogP contribution in [0.2, 0.25) is 0 Å². The van der Waals surface area contributed by atoms with Crippen molar-refractivity contribution >= 4 is 11.8 Å². The van der Waals surface area contributed by atoms with E-state index in [9.17, 15) is 9.59 Å². The molecular formula is C14H20N2O2. The van der Waals surface area contributed by atoms with Gasteiger partial charge in [0.25, 0.3) is 0 Å². The van der Waals surface area contributed by atoms with Gasteiger partial charge >= 0.3 is 0 Å². The van der Waals surface area contributed by atoms with E-state index in [1.165, 1.54) is 0 Å². The first-order valence-electron chi connectivity index (χ1n) is 6.93. The first-order chi connectivity index (χ1) is 8.68. The quantitative estimate of drug-likeness (QED) is 0.558. The van der Waals surface area contributed by atoms with Crippen LogP contribution in [0.4, 0.5) is 0 Å². The summed E-state index contributed by atoms with van der Waals surface area (Å²) in [6.45, 7) is 3.02. The highest BCUT2D eigenvalue weighted by atomic mass is 16.2. The maximum atomic E-state index is 12.4. The first-order valence-corrected chi connectivity index (χ1v) is 6.93. The molecule has 0 saturated carbocycles. The van der Waals surface area contributed by atoms with Crippen molar-refractivity contribution in [2.24, 2.45) is 11.8 Å². The zero-order valence-electron chi connectivity index (χ0n) is 10.8. The second kappa shape index (κ2) is 4.50. The summed E-state index contributed by atoms with van der Waals surface area (Å²) in [6.07, 6.45) is 7.36. The molecular weight excluding hydrogens is 228 g/mol. The van der Waals surface area contributed by atoms with Crippen LogP contribution in [0.25, 0.3) is 0 Å². The van der Waals surface area contributed by atoms with Crippen molar-refractivity contribution in [3.8, 4) is 0 Å². The molecule has 0 bridgehead atoms. The Morgan fingerprint density at radius 1 is 1.17 bits per heavy atom. The average Bonchev–Trinajstić information content (AvgIpc) is 2.63. The Morgan fingerprint density at radius 3 is 2.33 bits per heavy atom. The zero-order valence-corrected chi connectivity index (χ0v) is 10.8. The largest absolute Gasteiger partial charge is 0.314 e. The van der Waals surface area contributed by atoms with Gasteiger partial charge in [-0.25, -0.2) is 0 Å². The van der Waals surface area contributed by atoms with Crippen molar-refractivity contribution < 1.29 is 9.59 Å². The fourth-order valence-corrected chi connectivity index (χ4v) is 3.53. The molecule has 98 valence electrons. The molecule has 2 aliphatic heterocycles. The van der Waals surface area contributed by atoms with Gasteiger partial charge in [-0.1, -0.05) is 12.2 Å². The van der Waals surface area contributed by atoms with Crippen molar-refractivity contribution in [3.63, 3.8) is 0 Å². The molecule has 0 aromatic rings. The van der Waals surface area contributed by atoms with Gasteiger partial charge in [-0.15, -0.1) is 0 Å². The third kappa shape index (κ3) is 1.79. The Bertz CT molecular complexity index is 379. The average molecular weight is 248 g/mol. The molecule has 4 nitrogen and oxygen atoms in total. The molecule has 2 amide bonds. The summed E-state index contributed by atoms with van der Waals surface area (Å²) in [5.41, 5.74) is 0. The molecule has 4 atom stereocenters. The lowest BCUT2D eigenvalue weighted by atomic mass is 9.85. The smallest absolute Gasteiger partial charge is 0.233 e. The van der Waals surface area contributed by atoms with Crippen LogP contribution in [0.15, 0.2) is 12.2 Å². The number of allylic oxidation sites excluding steroid dienone is 2. The van der Waals surface area contributed by atoms with Crippen LogP contribution >= 0.6 is 0 Å². The molecule has 2 heterocycles. The maximum Gasteiger partial charge on any atom is 0.233 e. The Balaban J connectivity index is 1.80. The predicted molar refractivity (Wildman–Crippen MR) is 67.7 cm³/mol. The molecule has 2 fully saturated rings. The molecule has 0 aromatic heterocycles.